The van der Waals surface area contributed by atoms with Crippen LogP contribution in [0.4, 0.5) is 4.39 Å². The zero-order valence-corrected chi connectivity index (χ0v) is 11.6. The third kappa shape index (κ3) is 2.30. The van der Waals surface area contributed by atoms with Crippen LogP contribution < -0.4 is 5.73 Å². The first-order valence-corrected chi connectivity index (χ1v) is 6.77. The summed E-state index contributed by atoms with van der Waals surface area (Å²) in [6.07, 6.45) is 1.98. The van der Waals surface area contributed by atoms with Crippen LogP contribution in [0.25, 0.3) is 10.9 Å². The average molecular weight is 289 g/mol. The first kappa shape index (κ1) is 13.2. The van der Waals surface area contributed by atoms with E-state index in [-0.39, 0.29) is 5.82 Å². The maximum absolute atomic E-state index is 13.3. The first-order chi connectivity index (χ1) is 9.69. The molecule has 4 heteroatoms. The second kappa shape index (κ2) is 5.27. The summed E-state index contributed by atoms with van der Waals surface area (Å²) in [5, 5.41) is 1.69. The highest BCUT2D eigenvalue weighted by Crippen LogP contribution is 2.24. The van der Waals surface area contributed by atoms with E-state index in [0.29, 0.717) is 18.1 Å². The monoisotopic (exact) mass is 288 g/mol. The number of nitrogens with zero attached hydrogens (tertiary/aromatic N) is 1. The Labute approximate surface area is 121 Å². The van der Waals surface area contributed by atoms with Gasteiger partial charge in [-0.15, -0.1) is 0 Å². The van der Waals surface area contributed by atoms with E-state index in [1.165, 1.54) is 12.1 Å². The number of fused-ring (bicyclic) bond motifs is 1. The molecule has 0 fully saturated rings. The summed E-state index contributed by atoms with van der Waals surface area (Å²) in [5.74, 6) is -0.278. The minimum atomic E-state index is -0.278. The third-order valence-electron chi connectivity index (χ3n) is 3.44. The number of aromatic nitrogens is 1. The lowest BCUT2D eigenvalue weighted by Crippen LogP contribution is -2.04. The molecule has 0 atom stereocenters. The van der Waals surface area contributed by atoms with E-state index in [1.807, 2.05) is 30.5 Å². The van der Waals surface area contributed by atoms with Crippen molar-refractivity contribution in [3.63, 3.8) is 0 Å². The molecule has 2 nitrogen and oxygen atoms in total. The van der Waals surface area contributed by atoms with E-state index in [2.05, 4.69) is 4.57 Å². The quantitative estimate of drug-likeness (QED) is 0.777. The molecule has 3 aromatic rings. The van der Waals surface area contributed by atoms with Crippen LogP contribution in [0.15, 0.2) is 48.7 Å². The van der Waals surface area contributed by atoms with Crippen LogP contribution in [0.3, 0.4) is 0 Å². The molecule has 0 saturated heterocycles. The van der Waals surface area contributed by atoms with Gasteiger partial charge in [0.25, 0.3) is 0 Å². The molecule has 0 aliphatic rings. The SMILES string of the molecule is NCc1cccc2ccn(Cc3cc(F)ccc3Cl)c12. The van der Waals surface area contributed by atoms with Crippen LogP contribution in [-0.4, -0.2) is 4.57 Å². The van der Waals surface area contributed by atoms with E-state index in [0.717, 1.165) is 22.0 Å². The highest BCUT2D eigenvalue weighted by atomic mass is 35.5. The van der Waals surface area contributed by atoms with Crippen LogP contribution in [-0.2, 0) is 13.1 Å². The third-order valence-corrected chi connectivity index (χ3v) is 3.81. The van der Waals surface area contributed by atoms with Crippen LogP contribution >= 0.6 is 11.6 Å². The van der Waals surface area contributed by atoms with Gasteiger partial charge in [-0.1, -0.05) is 29.8 Å². The minimum absolute atomic E-state index is 0.278. The zero-order valence-electron chi connectivity index (χ0n) is 10.8. The fourth-order valence-electron chi connectivity index (χ4n) is 2.49. The van der Waals surface area contributed by atoms with Crippen molar-refractivity contribution >= 4 is 22.5 Å². The Balaban J connectivity index is 2.09. The molecule has 0 amide bonds. The van der Waals surface area contributed by atoms with E-state index < -0.39 is 0 Å². The Morgan fingerprint density at radius 1 is 1.10 bits per heavy atom. The van der Waals surface area contributed by atoms with E-state index >= 15 is 0 Å². The number of rotatable bonds is 3. The lowest BCUT2D eigenvalue weighted by molar-refractivity contribution is 0.624. The molecule has 3 rings (SSSR count). The van der Waals surface area contributed by atoms with Crippen LogP contribution in [0.5, 0.6) is 0 Å². The molecule has 0 saturated carbocycles. The van der Waals surface area contributed by atoms with Gasteiger partial charge in [0.2, 0.25) is 0 Å². The summed E-state index contributed by atoms with van der Waals surface area (Å²) < 4.78 is 15.4. The Morgan fingerprint density at radius 3 is 2.75 bits per heavy atom. The summed E-state index contributed by atoms with van der Waals surface area (Å²) in [7, 11) is 0. The molecule has 0 spiro atoms. The molecule has 2 N–H and O–H groups in total. The van der Waals surface area contributed by atoms with Gasteiger partial charge in [0.1, 0.15) is 5.82 Å². The Kier molecular flexibility index (Phi) is 3.47. The van der Waals surface area contributed by atoms with Crippen LogP contribution in [0, 0.1) is 5.82 Å². The predicted molar refractivity (Wildman–Crippen MR) is 80.3 cm³/mol. The molecule has 0 radical (unpaired) electrons. The van der Waals surface area contributed by atoms with E-state index in [1.54, 1.807) is 6.07 Å². The van der Waals surface area contributed by atoms with Gasteiger partial charge in [0.05, 0.1) is 5.52 Å². The highest BCUT2D eigenvalue weighted by molar-refractivity contribution is 6.31. The van der Waals surface area contributed by atoms with Crippen molar-refractivity contribution in [1.82, 2.24) is 4.57 Å². The summed E-state index contributed by atoms with van der Waals surface area (Å²) in [5.41, 5.74) is 8.70. The van der Waals surface area contributed by atoms with Gasteiger partial charge in [-0.3, -0.25) is 0 Å². The lowest BCUT2D eigenvalue weighted by Gasteiger charge is -2.10. The Morgan fingerprint density at radius 2 is 1.95 bits per heavy atom. The fraction of sp³-hybridized carbons (Fsp3) is 0.125. The van der Waals surface area contributed by atoms with Crippen LogP contribution in [0.2, 0.25) is 5.02 Å². The molecule has 2 aromatic carbocycles. The topological polar surface area (TPSA) is 30.9 Å². The van der Waals surface area contributed by atoms with Crippen molar-refractivity contribution in [1.29, 1.82) is 0 Å². The number of hydrogen-bond acceptors (Lipinski definition) is 1. The van der Waals surface area contributed by atoms with Gasteiger partial charge < -0.3 is 10.3 Å². The van der Waals surface area contributed by atoms with Crippen molar-refractivity contribution in [3.8, 4) is 0 Å². The molecule has 1 heterocycles. The Bertz CT molecular complexity index is 764. The molecule has 20 heavy (non-hydrogen) atoms. The summed E-state index contributed by atoms with van der Waals surface area (Å²) in [6, 6.07) is 12.5. The molecule has 0 unspecified atom stereocenters. The second-order valence-electron chi connectivity index (χ2n) is 4.74. The van der Waals surface area contributed by atoms with Gasteiger partial charge in [-0.25, -0.2) is 4.39 Å². The predicted octanol–water partition coefficient (Wildman–Crippen LogP) is 3.94. The van der Waals surface area contributed by atoms with Crippen LogP contribution in [0.1, 0.15) is 11.1 Å². The normalized spacial score (nSPS) is 11.2. The Hall–Kier alpha value is -1.84. The van der Waals surface area contributed by atoms with E-state index in [9.17, 15) is 4.39 Å². The number of halogens is 2. The molecular weight excluding hydrogens is 275 g/mol. The maximum atomic E-state index is 13.3. The zero-order chi connectivity index (χ0) is 14.1. The molecule has 1 aromatic heterocycles. The number of para-hydroxylation sites is 1. The van der Waals surface area contributed by atoms with Crippen molar-refractivity contribution in [2.75, 3.05) is 0 Å². The summed E-state index contributed by atoms with van der Waals surface area (Å²) in [4.78, 5) is 0. The highest BCUT2D eigenvalue weighted by Gasteiger charge is 2.08. The van der Waals surface area contributed by atoms with Gasteiger partial charge in [-0.2, -0.15) is 0 Å². The molecule has 0 bridgehead atoms. The molecular formula is C16H14ClFN2. The van der Waals surface area contributed by atoms with E-state index in [4.69, 9.17) is 17.3 Å². The van der Waals surface area contributed by atoms with Gasteiger partial charge in [0, 0.05) is 24.3 Å². The van der Waals surface area contributed by atoms with Gasteiger partial charge >= 0.3 is 0 Å². The van der Waals surface area contributed by atoms with Gasteiger partial charge in [-0.05, 0) is 40.8 Å². The van der Waals surface area contributed by atoms with Crippen molar-refractivity contribution in [3.05, 3.63) is 70.6 Å². The minimum Gasteiger partial charge on any atom is -0.343 e. The first-order valence-electron chi connectivity index (χ1n) is 6.40. The lowest BCUT2D eigenvalue weighted by atomic mass is 10.1. The fourth-order valence-corrected chi connectivity index (χ4v) is 2.66. The van der Waals surface area contributed by atoms with Crippen molar-refractivity contribution in [2.24, 2.45) is 5.73 Å². The number of hydrogen-bond donors (Lipinski definition) is 1. The van der Waals surface area contributed by atoms with Crippen molar-refractivity contribution < 1.29 is 4.39 Å². The molecule has 0 aliphatic heterocycles. The molecule has 102 valence electrons. The van der Waals surface area contributed by atoms with Crippen molar-refractivity contribution in [2.45, 2.75) is 13.1 Å². The number of benzene rings is 2. The maximum Gasteiger partial charge on any atom is 0.123 e. The summed E-state index contributed by atoms with van der Waals surface area (Å²) in [6.45, 7) is 0.995. The second-order valence-corrected chi connectivity index (χ2v) is 5.15. The molecule has 0 aliphatic carbocycles. The number of nitrogens with two attached hydrogens (primary N) is 1. The summed E-state index contributed by atoms with van der Waals surface area (Å²) >= 11 is 6.13. The largest absolute Gasteiger partial charge is 0.343 e. The standard InChI is InChI=1S/C16H14ClFN2/c17-15-5-4-14(18)8-13(15)10-20-7-6-11-2-1-3-12(9-19)16(11)20/h1-8H,9-10,19H2. The average Bonchev–Trinajstić information content (AvgIpc) is 2.86. The van der Waals surface area contributed by atoms with Gasteiger partial charge in [0.15, 0.2) is 0 Å². The smallest absolute Gasteiger partial charge is 0.123 e.